The summed E-state index contributed by atoms with van der Waals surface area (Å²) < 4.78 is 0. The highest BCUT2D eigenvalue weighted by Crippen LogP contribution is 2.02. The summed E-state index contributed by atoms with van der Waals surface area (Å²) in [5.41, 5.74) is 8.24. The lowest BCUT2D eigenvalue weighted by Crippen LogP contribution is -2.39. The summed E-state index contributed by atoms with van der Waals surface area (Å²) in [5.74, 6) is 0.0136. The summed E-state index contributed by atoms with van der Waals surface area (Å²) in [6, 6.07) is 19.7. The maximum Gasteiger partial charge on any atom is 0.224 e. The molecule has 3 N–H and O–H groups in total. The topological polar surface area (TPSA) is 55.1 Å². The van der Waals surface area contributed by atoms with Crippen molar-refractivity contribution in [1.29, 1.82) is 0 Å². The molecule has 0 saturated heterocycles. The summed E-state index contributed by atoms with van der Waals surface area (Å²) in [5, 5.41) is 2.89. The first-order valence-electron chi connectivity index (χ1n) is 6.84. The van der Waals surface area contributed by atoms with Gasteiger partial charge in [0.1, 0.15) is 0 Å². The molecule has 0 spiro atoms. The third-order valence-corrected chi connectivity index (χ3v) is 3.11. The number of nitrogens with two attached hydrogens (primary N) is 1. The summed E-state index contributed by atoms with van der Waals surface area (Å²) in [7, 11) is 0. The number of rotatable bonds is 6. The Kier molecular flexibility index (Phi) is 5.33. The van der Waals surface area contributed by atoms with E-state index in [-0.39, 0.29) is 11.9 Å². The molecule has 0 saturated carbocycles. The molecule has 0 fully saturated rings. The standard InChI is InChI=1S/C17H20N2O/c18-16(11-14-7-3-1-4-8-14)13-19-17(20)12-15-9-5-2-6-10-15/h1-10,16H,11-13,18H2,(H,19,20)/t16-/m1/s1. The quantitative estimate of drug-likeness (QED) is 0.841. The van der Waals surface area contributed by atoms with E-state index in [0.29, 0.717) is 13.0 Å². The molecule has 0 aliphatic rings. The van der Waals surface area contributed by atoms with Gasteiger partial charge in [0.2, 0.25) is 5.91 Å². The summed E-state index contributed by atoms with van der Waals surface area (Å²) in [4.78, 5) is 11.8. The number of hydrogen-bond acceptors (Lipinski definition) is 2. The van der Waals surface area contributed by atoms with Gasteiger partial charge >= 0.3 is 0 Å². The monoisotopic (exact) mass is 268 g/mol. The second-order valence-electron chi connectivity index (χ2n) is 4.92. The molecule has 0 unspecified atom stereocenters. The summed E-state index contributed by atoms with van der Waals surface area (Å²) in [6.45, 7) is 0.501. The third-order valence-electron chi connectivity index (χ3n) is 3.11. The predicted octanol–water partition coefficient (Wildman–Crippen LogP) is 1.92. The fourth-order valence-corrected chi connectivity index (χ4v) is 2.08. The Morgan fingerprint density at radius 1 is 0.950 bits per heavy atom. The minimum Gasteiger partial charge on any atom is -0.354 e. The first kappa shape index (κ1) is 14.3. The lowest BCUT2D eigenvalue weighted by atomic mass is 10.1. The van der Waals surface area contributed by atoms with Gasteiger partial charge in [0, 0.05) is 12.6 Å². The molecule has 2 aromatic rings. The zero-order valence-electron chi connectivity index (χ0n) is 11.5. The zero-order chi connectivity index (χ0) is 14.2. The van der Waals surface area contributed by atoms with Crippen molar-refractivity contribution in [2.24, 2.45) is 5.73 Å². The molecule has 0 bridgehead atoms. The molecule has 3 heteroatoms. The second kappa shape index (κ2) is 7.46. The van der Waals surface area contributed by atoms with Crippen molar-refractivity contribution in [3.8, 4) is 0 Å². The van der Waals surface area contributed by atoms with Gasteiger partial charge in [0.25, 0.3) is 0 Å². The van der Waals surface area contributed by atoms with Crippen molar-refractivity contribution in [1.82, 2.24) is 5.32 Å². The molecule has 0 aliphatic carbocycles. The molecular weight excluding hydrogens is 248 g/mol. The largest absolute Gasteiger partial charge is 0.354 e. The van der Waals surface area contributed by atoms with Crippen molar-refractivity contribution in [3.05, 3.63) is 71.8 Å². The lowest BCUT2D eigenvalue weighted by Gasteiger charge is -2.13. The maximum absolute atomic E-state index is 11.8. The van der Waals surface area contributed by atoms with E-state index in [9.17, 15) is 4.79 Å². The van der Waals surface area contributed by atoms with Crippen LogP contribution < -0.4 is 11.1 Å². The average molecular weight is 268 g/mol. The van der Waals surface area contributed by atoms with Crippen LogP contribution in [0.25, 0.3) is 0 Å². The van der Waals surface area contributed by atoms with Crippen LogP contribution in [0, 0.1) is 0 Å². The molecule has 2 rings (SSSR count). The van der Waals surface area contributed by atoms with Crippen LogP contribution in [0.4, 0.5) is 0 Å². The van der Waals surface area contributed by atoms with E-state index in [2.05, 4.69) is 5.32 Å². The van der Waals surface area contributed by atoms with Gasteiger partial charge in [-0.25, -0.2) is 0 Å². The van der Waals surface area contributed by atoms with E-state index >= 15 is 0 Å². The van der Waals surface area contributed by atoms with E-state index in [1.165, 1.54) is 5.56 Å². The van der Waals surface area contributed by atoms with Crippen LogP contribution in [0.5, 0.6) is 0 Å². The van der Waals surface area contributed by atoms with Crippen molar-refractivity contribution in [2.75, 3.05) is 6.54 Å². The molecule has 0 heterocycles. The molecule has 2 aromatic carbocycles. The van der Waals surface area contributed by atoms with Crippen molar-refractivity contribution in [3.63, 3.8) is 0 Å². The first-order valence-corrected chi connectivity index (χ1v) is 6.84. The van der Waals surface area contributed by atoms with Crippen LogP contribution in [0.3, 0.4) is 0 Å². The average Bonchev–Trinajstić information content (AvgIpc) is 2.47. The molecular formula is C17H20N2O. The van der Waals surface area contributed by atoms with Crippen LogP contribution >= 0.6 is 0 Å². The number of hydrogen-bond donors (Lipinski definition) is 2. The number of carbonyl (C=O) groups is 1. The number of benzene rings is 2. The summed E-state index contributed by atoms with van der Waals surface area (Å²) in [6.07, 6.45) is 1.17. The van der Waals surface area contributed by atoms with Gasteiger partial charge in [-0.15, -0.1) is 0 Å². The van der Waals surface area contributed by atoms with Gasteiger partial charge in [-0.05, 0) is 17.5 Å². The normalized spacial score (nSPS) is 11.8. The molecule has 1 amide bonds. The van der Waals surface area contributed by atoms with Gasteiger partial charge in [-0.3, -0.25) is 4.79 Å². The fraction of sp³-hybridized carbons (Fsp3) is 0.235. The maximum atomic E-state index is 11.8. The van der Waals surface area contributed by atoms with Crippen molar-refractivity contribution < 1.29 is 4.79 Å². The third kappa shape index (κ3) is 4.86. The Hall–Kier alpha value is -2.13. The van der Waals surface area contributed by atoms with E-state index in [4.69, 9.17) is 5.73 Å². The molecule has 20 heavy (non-hydrogen) atoms. The highest BCUT2D eigenvalue weighted by molar-refractivity contribution is 5.78. The molecule has 3 nitrogen and oxygen atoms in total. The smallest absolute Gasteiger partial charge is 0.224 e. The Balaban J connectivity index is 1.73. The summed E-state index contributed by atoms with van der Waals surface area (Å²) >= 11 is 0. The lowest BCUT2D eigenvalue weighted by molar-refractivity contribution is -0.120. The van der Waals surface area contributed by atoms with Gasteiger partial charge < -0.3 is 11.1 Å². The Labute approximate surface area is 119 Å². The van der Waals surface area contributed by atoms with Crippen LogP contribution in [0.1, 0.15) is 11.1 Å². The predicted molar refractivity (Wildman–Crippen MR) is 81.3 cm³/mol. The van der Waals surface area contributed by atoms with Gasteiger partial charge in [0.05, 0.1) is 6.42 Å². The zero-order valence-corrected chi connectivity index (χ0v) is 11.5. The van der Waals surface area contributed by atoms with Crippen LogP contribution in [-0.2, 0) is 17.6 Å². The van der Waals surface area contributed by atoms with E-state index in [1.807, 2.05) is 60.7 Å². The van der Waals surface area contributed by atoms with Crippen LogP contribution in [-0.4, -0.2) is 18.5 Å². The highest BCUT2D eigenvalue weighted by atomic mass is 16.1. The van der Waals surface area contributed by atoms with Crippen LogP contribution in [0.2, 0.25) is 0 Å². The van der Waals surface area contributed by atoms with Gasteiger partial charge in [0.15, 0.2) is 0 Å². The van der Waals surface area contributed by atoms with Crippen molar-refractivity contribution in [2.45, 2.75) is 18.9 Å². The number of carbonyl (C=O) groups excluding carboxylic acids is 1. The minimum absolute atomic E-state index is 0.0136. The highest BCUT2D eigenvalue weighted by Gasteiger charge is 2.07. The second-order valence-corrected chi connectivity index (χ2v) is 4.92. The number of amides is 1. The molecule has 0 radical (unpaired) electrons. The minimum atomic E-state index is -0.0582. The van der Waals surface area contributed by atoms with E-state index in [1.54, 1.807) is 0 Å². The SMILES string of the molecule is N[C@@H](CNC(=O)Cc1ccccc1)Cc1ccccc1. The van der Waals surface area contributed by atoms with Gasteiger partial charge in [-0.1, -0.05) is 60.7 Å². The molecule has 1 atom stereocenters. The van der Waals surface area contributed by atoms with Crippen molar-refractivity contribution >= 4 is 5.91 Å². The van der Waals surface area contributed by atoms with Crippen LogP contribution in [0.15, 0.2) is 60.7 Å². The Morgan fingerprint density at radius 2 is 1.50 bits per heavy atom. The fourth-order valence-electron chi connectivity index (χ4n) is 2.08. The van der Waals surface area contributed by atoms with E-state index < -0.39 is 0 Å². The Bertz CT molecular complexity index is 525. The van der Waals surface area contributed by atoms with E-state index in [0.717, 1.165) is 12.0 Å². The van der Waals surface area contributed by atoms with Gasteiger partial charge in [-0.2, -0.15) is 0 Å². The Morgan fingerprint density at radius 3 is 2.10 bits per heavy atom. The number of nitrogens with one attached hydrogen (secondary N) is 1. The first-order chi connectivity index (χ1) is 9.74. The molecule has 0 aromatic heterocycles. The molecule has 104 valence electrons. The molecule has 0 aliphatic heterocycles.